The van der Waals surface area contributed by atoms with Gasteiger partial charge in [0.2, 0.25) is 0 Å². The molecule has 140 valence electrons. The normalized spacial score (nSPS) is 35.0. The van der Waals surface area contributed by atoms with E-state index in [4.69, 9.17) is 12.5 Å². The highest BCUT2D eigenvalue weighted by Gasteiger charge is 2.41. The van der Waals surface area contributed by atoms with Crippen molar-refractivity contribution in [1.82, 2.24) is 9.97 Å². The quantitative estimate of drug-likeness (QED) is 0.559. The van der Waals surface area contributed by atoms with Crippen molar-refractivity contribution in [3.8, 4) is 5.75 Å². The maximum atomic E-state index is 5.91. The number of hydrogen-bond donors (Lipinski definition) is 0. The second-order valence-corrected chi connectivity index (χ2v) is 8.45. The molecule has 0 bridgehead atoms. The summed E-state index contributed by atoms with van der Waals surface area (Å²) in [5.41, 5.74) is 0. The van der Waals surface area contributed by atoms with Gasteiger partial charge in [-0.3, -0.25) is 0 Å². The van der Waals surface area contributed by atoms with Crippen LogP contribution in [0.25, 0.3) is 0 Å². The summed E-state index contributed by atoms with van der Waals surface area (Å²) in [5, 5.41) is 0. The molecule has 2 fully saturated rings. The summed E-state index contributed by atoms with van der Waals surface area (Å²) >= 11 is 1.96. The van der Waals surface area contributed by atoms with Crippen molar-refractivity contribution in [3.05, 3.63) is 18.2 Å². The monoisotopic (exact) mass is 460 g/mol. The molecule has 0 aromatic carbocycles. The van der Waals surface area contributed by atoms with E-state index in [1.807, 2.05) is 35.4 Å². The first-order chi connectivity index (χ1) is 12.0. The topological polar surface area (TPSA) is 53.5 Å². The lowest BCUT2D eigenvalue weighted by molar-refractivity contribution is 0.0269. The predicted octanol–water partition coefficient (Wildman–Crippen LogP) is 4.55. The minimum Gasteiger partial charge on any atom is -0.487 e. The van der Waals surface area contributed by atoms with Crippen molar-refractivity contribution in [1.29, 1.82) is 0 Å². The van der Waals surface area contributed by atoms with Gasteiger partial charge in [-0.1, -0.05) is 13.8 Å². The molecule has 6 heteroatoms. The Bertz CT molecular complexity index is 548. The van der Waals surface area contributed by atoms with E-state index >= 15 is 0 Å². The van der Waals surface area contributed by atoms with Gasteiger partial charge in [0.25, 0.3) is 0 Å². The molecule has 0 amide bonds. The Kier molecular flexibility index (Phi) is 6.55. The fourth-order valence-electron chi connectivity index (χ4n) is 4.11. The summed E-state index contributed by atoms with van der Waals surface area (Å²) in [6.45, 7) is 9.65. The highest BCUT2D eigenvalue weighted by molar-refractivity contribution is 14.1. The highest BCUT2D eigenvalue weighted by atomic mass is 127. The largest absolute Gasteiger partial charge is 0.487 e. The minimum atomic E-state index is 0.233. The number of hydrogen-bond acceptors (Lipinski definition) is 5. The fourth-order valence-corrected chi connectivity index (χ4v) is 4.53. The van der Waals surface area contributed by atoms with Crippen molar-refractivity contribution < 1.29 is 12.5 Å². The predicted molar refractivity (Wildman–Crippen MR) is 105 cm³/mol. The van der Waals surface area contributed by atoms with Crippen LogP contribution in [-0.2, 0) is 7.80 Å². The molecular formula is C19H29IN2O3. The lowest BCUT2D eigenvalue weighted by Gasteiger charge is -2.33. The van der Waals surface area contributed by atoms with Crippen molar-refractivity contribution in [2.45, 2.75) is 71.2 Å². The third-order valence-corrected chi connectivity index (χ3v) is 6.39. The van der Waals surface area contributed by atoms with Crippen molar-refractivity contribution >= 4 is 23.0 Å². The lowest BCUT2D eigenvalue weighted by atomic mass is 9.88. The summed E-state index contributed by atoms with van der Waals surface area (Å²) in [7, 11) is 0. The summed E-state index contributed by atoms with van der Waals surface area (Å²) in [6.07, 6.45) is 7.58. The summed E-state index contributed by atoms with van der Waals surface area (Å²) in [5.74, 6) is 3.81. The summed E-state index contributed by atoms with van der Waals surface area (Å²) in [4.78, 5) is 9.26. The van der Waals surface area contributed by atoms with Gasteiger partial charge in [0.05, 0.1) is 31.2 Å². The summed E-state index contributed by atoms with van der Waals surface area (Å²) in [6, 6.07) is 0. The molecule has 4 atom stereocenters. The molecule has 0 N–H and O–H groups in total. The summed E-state index contributed by atoms with van der Waals surface area (Å²) < 4.78 is 17.0. The molecule has 1 aromatic rings. The molecule has 2 saturated carbocycles. The molecular weight excluding hydrogens is 431 g/mol. The molecule has 0 spiro atoms. The maximum absolute atomic E-state index is 5.91. The Hall–Kier alpha value is -0.470. The molecule has 0 saturated heterocycles. The first-order valence-corrected chi connectivity index (χ1v) is 10.2. The van der Waals surface area contributed by atoms with E-state index in [-0.39, 0.29) is 12.2 Å². The number of rotatable bonds is 7. The molecule has 3 rings (SSSR count). The Morgan fingerprint density at radius 2 is 1.80 bits per heavy atom. The van der Waals surface area contributed by atoms with Crippen LogP contribution in [0.2, 0.25) is 0 Å². The Morgan fingerprint density at radius 1 is 1.12 bits per heavy atom. The van der Waals surface area contributed by atoms with Gasteiger partial charge in [0.1, 0.15) is 34.9 Å². The van der Waals surface area contributed by atoms with Crippen molar-refractivity contribution in [3.63, 3.8) is 0 Å². The number of nitrogens with zero attached hydrogens (tertiary/aromatic N) is 2. The highest BCUT2D eigenvalue weighted by Crippen LogP contribution is 2.46. The molecule has 2 aliphatic carbocycles. The zero-order valence-electron chi connectivity index (χ0n) is 15.5. The van der Waals surface area contributed by atoms with Crippen LogP contribution in [-0.4, -0.2) is 34.9 Å². The smallest absolute Gasteiger partial charge is 0.156 e. The van der Waals surface area contributed by atoms with E-state index in [1.165, 1.54) is 6.42 Å². The maximum Gasteiger partial charge on any atom is 0.156 e. The standard InChI is InChI=1S/C19H29IN2O3/c1-11(2)23-10-14-5-12(3)18(13(14)4)19-21-8-17(9-22-19)24-15-6-16(7-15)25-20/h8-9,11-16,18H,5-7,10H2,1-4H3/t12?,13-,14?,15?,16?,18-/m0/s1. The SMILES string of the molecule is CC(C)OCC1CC(C)[C@H](c2ncc(OC3CC(OI)C3)cn2)[C@H]1C. The van der Waals surface area contributed by atoms with Gasteiger partial charge in [0.15, 0.2) is 5.75 Å². The molecule has 1 aromatic heterocycles. The van der Waals surface area contributed by atoms with Crippen LogP contribution in [0.4, 0.5) is 0 Å². The van der Waals surface area contributed by atoms with Crippen LogP contribution in [0, 0.1) is 17.8 Å². The second kappa shape index (κ2) is 8.48. The molecule has 25 heavy (non-hydrogen) atoms. The fraction of sp³-hybridized carbons (Fsp3) is 0.789. The number of halogens is 1. The van der Waals surface area contributed by atoms with E-state index < -0.39 is 0 Å². The molecule has 2 aliphatic rings. The van der Waals surface area contributed by atoms with Gasteiger partial charge in [-0.2, -0.15) is 0 Å². The second-order valence-electron chi connectivity index (χ2n) is 7.94. The van der Waals surface area contributed by atoms with Gasteiger partial charge >= 0.3 is 0 Å². The molecule has 1 heterocycles. The van der Waals surface area contributed by atoms with Gasteiger partial charge < -0.3 is 12.5 Å². The van der Waals surface area contributed by atoms with Crippen molar-refractivity contribution in [2.75, 3.05) is 6.61 Å². The molecule has 0 aliphatic heterocycles. The molecule has 5 nitrogen and oxygen atoms in total. The van der Waals surface area contributed by atoms with Crippen molar-refractivity contribution in [2.24, 2.45) is 17.8 Å². The van der Waals surface area contributed by atoms with Crippen LogP contribution in [0.1, 0.15) is 58.7 Å². The lowest BCUT2D eigenvalue weighted by Crippen LogP contribution is -2.37. The minimum absolute atomic E-state index is 0.233. The van der Waals surface area contributed by atoms with E-state index in [2.05, 4.69) is 37.7 Å². The molecule has 2 unspecified atom stereocenters. The zero-order chi connectivity index (χ0) is 18.0. The van der Waals surface area contributed by atoms with Gasteiger partial charge in [-0.05, 0) is 38.0 Å². The first-order valence-electron chi connectivity index (χ1n) is 9.35. The number of ether oxygens (including phenoxy) is 2. The van der Waals surface area contributed by atoms with E-state index in [0.717, 1.165) is 31.0 Å². The molecule has 0 radical (unpaired) electrons. The third-order valence-electron chi connectivity index (χ3n) is 5.67. The van der Waals surface area contributed by atoms with E-state index in [0.29, 0.717) is 29.8 Å². The van der Waals surface area contributed by atoms with Gasteiger partial charge in [0, 0.05) is 18.8 Å². The Labute approximate surface area is 164 Å². The van der Waals surface area contributed by atoms with E-state index in [1.54, 1.807) is 0 Å². The van der Waals surface area contributed by atoms with Crippen LogP contribution in [0.15, 0.2) is 12.4 Å². The average Bonchev–Trinajstić information content (AvgIpc) is 2.83. The van der Waals surface area contributed by atoms with Crippen LogP contribution in [0.5, 0.6) is 5.75 Å². The zero-order valence-corrected chi connectivity index (χ0v) is 17.7. The van der Waals surface area contributed by atoms with Crippen LogP contribution in [0.3, 0.4) is 0 Å². The Morgan fingerprint density at radius 3 is 2.40 bits per heavy atom. The van der Waals surface area contributed by atoms with Crippen LogP contribution < -0.4 is 4.74 Å². The number of aromatic nitrogens is 2. The van der Waals surface area contributed by atoms with Crippen LogP contribution >= 0.6 is 23.0 Å². The average molecular weight is 460 g/mol. The third kappa shape index (κ3) is 4.63. The Balaban J connectivity index is 1.58. The van der Waals surface area contributed by atoms with Gasteiger partial charge in [-0.15, -0.1) is 0 Å². The van der Waals surface area contributed by atoms with E-state index in [9.17, 15) is 0 Å². The first kappa shape index (κ1) is 19.3. The van der Waals surface area contributed by atoms with Gasteiger partial charge in [-0.25, -0.2) is 9.97 Å².